The molecule has 6 rings (SSSR count). The van der Waals surface area contributed by atoms with Gasteiger partial charge in [-0.3, -0.25) is 0 Å². The number of sulfonamides is 1. The summed E-state index contributed by atoms with van der Waals surface area (Å²) in [5, 5.41) is 13.0. The minimum atomic E-state index is -3.57. The number of nitrogens with zero attached hydrogens (tertiary/aromatic N) is 4. The van der Waals surface area contributed by atoms with Gasteiger partial charge in [0.1, 0.15) is 18.2 Å². The molecule has 5 aromatic rings. The van der Waals surface area contributed by atoms with Crippen molar-refractivity contribution < 1.29 is 17.5 Å². The summed E-state index contributed by atoms with van der Waals surface area (Å²) in [7, 11) is -1.55. The molecule has 1 fully saturated rings. The number of likely N-dealkylation sites (N-methyl/N-ethyl adjacent to an activating group) is 1. The Morgan fingerprint density at radius 3 is 2.55 bits per heavy atom. The maximum Gasteiger partial charge on any atom is 0.243 e. The van der Waals surface area contributed by atoms with Gasteiger partial charge in [0.05, 0.1) is 27.3 Å². The van der Waals surface area contributed by atoms with Crippen molar-refractivity contribution in [2.24, 2.45) is 0 Å². The van der Waals surface area contributed by atoms with Gasteiger partial charge in [0, 0.05) is 30.7 Å². The van der Waals surface area contributed by atoms with Gasteiger partial charge in [0.2, 0.25) is 10.0 Å². The van der Waals surface area contributed by atoms with E-state index in [-0.39, 0.29) is 12.4 Å². The van der Waals surface area contributed by atoms with E-state index in [0.717, 1.165) is 40.9 Å². The first-order chi connectivity index (χ1) is 21.3. The molecule has 0 bridgehead atoms. The third-order valence-corrected chi connectivity index (χ3v) is 9.85. The van der Waals surface area contributed by atoms with Crippen LogP contribution >= 0.6 is 11.6 Å². The second-order valence-electron chi connectivity index (χ2n) is 10.8. The Labute approximate surface area is 261 Å². The number of hydrogen-bond donors (Lipinski definition) is 1. The highest BCUT2D eigenvalue weighted by Gasteiger charge is 2.26. The van der Waals surface area contributed by atoms with Gasteiger partial charge in [-0.2, -0.15) is 14.5 Å². The zero-order valence-corrected chi connectivity index (χ0v) is 25.7. The quantitative estimate of drug-likeness (QED) is 0.203. The lowest BCUT2D eigenvalue weighted by Gasteiger charge is -2.20. The van der Waals surface area contributed by atoms with Gasteiger partial charge < -0.3 is 15.0 Å². The van der Waals surface area contributed by atoms with E-state index in [4.69, 9.17) is 16.3 Å². The first-order valence-corrected chi connectivity index (χ1v) is 16.1. The van der Waals surface area contributed by atoms with Crippen molar-refractivity contribution in [1.82, 2.24) is 19.4 Å². The Hall–Kier alpha value is -4.09. The maximum atomic E-state index is 13.5. The molecule has 8 nitrogen and oxygen atoms in total. The molecule has 44 heavy (non-hydrogen) atoms. The van der Waals surface area contributed by atoms with Crippen molar-refractivity contribution in [2.75, 3.05) is 38.5 Å². The summed E-state index contributed by atoms with van der Waals surface area (Å²) >= 11 is 6.51. The predicted molar refractivity (Wildman–Crippen MR) is 171 cm³/mol. The summed E-state index contributed by atoms with van der Waals surface area (Å²) in [5.41, 5.74) is 4.65. The van der Waals surface area contributed by atoms with Crippen molar-refractivity contribution in [1.29, 1.82) is 0 Å². The average Bonchev–Trinajstić information content (AvgIpc) is 3.25. The molecule has 0 radical (unpaired) electrons. The number of aromatic nitrogens is 2. The van der Waals surface area contributed by atoms with Gasteiger partial charge >= 0.3 is 0 Å². The lowest BCUT2D eigenvalue weighted by Crippen LogP contribution is -2.34. The van der Waals surface area contributed by atoms with Crippen molar-refractivity contribution in [2.45, 2.75) is 17.9 Å². The topological polar surface area (TPSA) is 87.7 Å². The molecule has 0 unspecified atom stereocenters. The lowest BCUT2D eigenvalue weighted by molar-refractivity contribution is 0.306. The number of nitrogens with one attached hydrogen (secondary N) is 1. The van der Waals surface area contributed by atoms with Crippen LogP contribution in [0.15, 0.2) is 96.0 Å². The van der Waals surface area contributed by atoms with Gasteiger partial charge in [-0.1, -0.05) is 41.9 Å². The number of halogens is 2. The Kier molecular flexibility index (Phi) is 8.76. The van der Waals surface area contributed by atoms with Crippen LogP contribution in [-0.4, -0.2) is 61.0 Å². The van der Waals surface area contributed by atoms with Crippen molar-refractivity contribution in [3.05, 3.63) is 108 Å². The molecule has 0 amide bonds. The molecule has 1 saturated heterocycles. The zero-order valence-electron chi connectivity index (χ0n) is 24.1. The molecule has 2 heterocycles. The molecule has 0 spiro atoms. The monoisotopic (exact) mass is 631 g/mol. The van der Waals surface area contributed by atoms with E-state index in [2.05, 4.69) is 20.4 Å². The summed E-state index contributed by atoms with van der Waals surface area (Å²) in [6.07, 6.45) is 2.45. The van der Waals surface area contributed by atoms with Gasteiger partial charge in [-0.05, 0) is 91.3 Å². The maximum absolute atomic E-state index is 13.5. The standard InChI is InChI=1S/C33H31ClFN5O3S/c1-39-14-3-15-40(17-16-39)44(41,42)28-10-6-24(7-11-28)25-8-12-31-29(19-25)32(21-36-38-31)37-27-9-13-33(30(34)20-27)43-22-23-4-2-5-26(35)18-23/h2,4-13,18-21H,3,14-17,22H2,1H3,(H,37,38). The van der Waals surface area contributed by atoms with E-state index in [0.29, 0.717) is 46.4 Å². The minimum absolute atomic E-state index is 0.189. The van der Waals surface area contributed by atoms with E-state index in [9.17, 15) is 12.8 Å². The second-order valence-corrected chi connectivity index (χ2v) is 13.1. The fourth-order valence-electron chi connectivity index (χ4n) is 5.21. The number of fused-ring (bicyclic) bond motifs is 1. The van der Waals surface area contributed by atoms with Gasteiger partial charge in [0.15, 0.2) is 0 Å². The minimum Gasteiger partial charge on any atom is -0.487 e. The normalized spacial score (nSPS) is 14.8. The lowest BCUT2D eigenvalue weighted by atomic mass is 10.0. The number of benzene rings is 4. The Bertz CT molecular complexity index is 1910. The molecular weight excluding hydrogens is 601 g/mol. The number of hydrogen-bond acceptors (Lipinski definition) is 7. The van der Waals surface area contributed by atoms with Crippen LogP contribution in [0, 0.1) is 5.82 Å². The highest BCUT2D eigenvalue weighted by atomic mass is 35.5. The van der Waals surface area contributed by atoms with Gasteiger partial charge in [-0.15, -0.1) is 0 Å². The summed E-state index contributed by atoms with van der Waals surface area (Å²) in [6.45, 7) is 2.80. The van der Waals surface area contributed by atoms with Crippen LogP contribution < -0.4 is 10.1 Å². The number of anilines is 2. The Balaban J connectivity index is 1.20. The molecule has 226 valence electrons. The molecule has 4 aromatic carbocycles. The molecule has 1 N–H and O–H groups in total. The highest BCUT2D eigenvalue weighted by molar-refractivity contribution is 7.89. The number of rotatable bonds is 8. The average molecular weight is 632 g/mol. The molecule has 0 aliphatic carbocycles. The van der Waals surface area contributed by atoms with Crippen LogP contribution in [0.3, 0.4) is 0 Å². The van der Waals surface area contributed by atoms with E-state index in [1.807, 2.05) is 43.4 Å². The van der Waals surface area contributed by atoms with Crippen LogP contribution in [-0.2, 0) is 16.6 Å². The molecule has 1 aliphatic heterocycles. The Morgan fingerprint density at radius 1 is 0.932 bits per heavy atom. The largest absolute Gasteiger partial charge is 0.487 e. The molecule has 0 atom stereocenters. The van der Waals surface area contributed by atoms with Crippen LogP contribution in [0.25, 0.3) is 22.0 Å². The van der Waals surface area contributed by atoms with Crippen LogP contribution in [0.2, 0.25) is 5.02 Å². The van der Waals surface area contributed by atoms with E-state index in [1.165, 1.54) is 12.1 Å². The van der Waals surface area contributed by atoms with Gasteiger partial charge in [-0.25, -0.2) is 12.8 Å². The summed E-state index contributed by atoms with van der Waals surface area (Å²) in [4.78, 5) is 2.45. The second kappa shape index (κ2) is 12.9. The number of ether oxygens (including phenoxy) is 1. The first kappa shape index (κ1) is 30.0. The fraction of sp³-hybridized carbons (Fsp3) is 0.212. The van der Waals surface area contributed by atoms with E-state index >= 15 is 0 Å². The molecule has 11 heteroatoms. The summed E-state index contributed by atoms with van der Waals surface area (Å²) in [6, 6.07) is 24.4. The SMILES string of the molecule is CN1CCCN(S(=O)(=O)c2ccc(-c3ccc4nncc(Nc5ccc(OCc6cccc(F)c6)c(Cl)c5)c4c3)cc2)CC1. The molecule has 0 saturated carbocycles. The third kappa shape index (κ3) is 6.68. The molecular formula is C33H31ClFN5O3S. The van der Waals surface area contributed by atoms with E-state index < -0.39 is 10.0 Å². The van der Waals surface area contributed by atoms with Crippen LogP contribution in [0.5, 0.6) is 5.75 Å². The van der Waals surface area contributed by atoms with Crippen LogP contribution in [0.4, 0.5) is 15.8 Å². The fourth-order valence-corrected chi connectivity index (χ4v) is 6.91. The third-order valence-electron chi connectivity index (χ3n) is 7.64. The van der Waals surface area contributed by atoms with Crippen molar-refractivity contribution >= 4 is 43.9 Å². The summed E-state index contributed by atoms with van der Waals surface area (Å²) in [5.74, 6) is 0.162. The first-order valence-electron chi connectivity index (χ1n) is 14.2. The highest BCUT2D eigenvalue weighted by Crippen LogP contribution is 2.33. The van der Waals surface area contributed by atoms with Crippen molar-refractivity contribution in [3.63, 3.8) is 0 Å². The van der Waals surface area contributed by atoms with Crippen LogP contribution in [0.1, 0.15) is 12.0 Å². The predicted octanol–water partition coefficient (Wildman–Crippen LogP) is 6.74. The molecule has 1 aromatic heterocycles. The molecule has 1 aliphatic rings. The smallest absolute Gasteiger partial charge is 0.243 e. The van der Waals surface area contributed by atoms with Crippen molar-refractivity contribution in [3.8, 4) is 16.9 Å². The van der Waals surface area contributed by atoms with Gasteiger partial charge in [0.25, 0.3) is 0 Å². The Morgan fingerprint density at radius 2 is 1.75 bits per heavy atom. The zero-order chi connectivity index (χ0) is 30.7. The summed E-state index contributed by atoms with van der Waals surface area (Å²) < 4.78 is 47.5. The van der Waals surface area contributed by atoms with E-state index in [1.54, 1.807) is 46.9 Å².